The maximum absolute atomic E-state index is 12.0. The Hall–Kier alpha value is 0.120. The summed E-state index contributed by atoms with van der Waals surface area (Å²) in [6, 6.07) is -0.0630. The Balaban J connectivity index is 0.00000144. The number of rotatable bonds is 5. The molecule has 0 radical (unpaired) electrons. The highest BCUT2D eigenvalue weighted by molar-refractivity contribution is 7.87. The fourth-order valence-corrected chi connectivity index (χ4v) is 3.77. The van der Waals surface area contributed by atoms with Crippen LogP contribution >= 0.6 is 12.4 Å². The van der Waals surface area contributed by atoms with E-state index in [4.69, 9.17) is 5.73 Å². The average molecular weight is 284 g/mol. The van der Waals surface area contributed by atoms with Crippen molar-refractivity contribution in [1.29, 1.82) is 0 Å². The van der Waals surface area contributed by atoms with Crippen molar-refractivity contribution in [3.63, 3.8) is 0 Å². The van der Waals surface area contributed by atoms with Crippen molar-refractivity contribution >= 4 is 22.6 Å². The number of piperidine rings is 1. The summed E-state index contributed by atoms with van der Waals surface area (Å²) in [6.45, 7) is 1.70. The Bertz CT molecular complexity index is 326. The SMILES string of the molecule is Cl.NCC(NS(=O)(=O)N1CCCCC1)C1CC1. The number of hydrogen-bond donors (Lipinski definition) is 2. The van der Waals surface area contributed by atoms with Crippen molar-refractivity contribution in [3.8, 4) is 0 Å². The molecule has 0 aromatic rings. The first-order valence-corrected chi connectivity index (χ1v) is 7.55. The first-order chi connectivity index (χ1) is 7.63. The molecule has 7 heteroatoms. The minimum Gasteiger partial charge on any atom is -0.329 e. The third-order valence-corrected chi connectivity index (χ3v) is 5.05. The molecule has 2 aliphatic rings. The van der Waals surface area contributed by atoms with Crippen LogP contribution in [-0.4, -0.2) is 38.4 Å². The van der Waals surface area contributed by atoms with Gasteiger partial charge in [-0.2, -0.15) is 17.4 Å². The molecular weight excluding hydrogens is 262 g/mol. The van der Waals surface area contributed by atoms with Crippen LogP contribution < -0.4 is 10.5 Å². The molecule has 1 heterocycles. The summed E-state index contributed by atoms with van der Waals surface area (Å²) >= 11 is 0. The van der Waals surface area contributed by atoms with Gasteiger partial charge < -0.3 is 5.73 Å². The summed E-state index contributed by atoms with van der Waals surface area (Å²) in [5.41, 5.74) is 5.60. The van der Waals surface area contributed by atoms with Gasteiger partial charge in [-0.05, 0) is 31.6 Å². The molecule has 0 amide bonds. The van der Waals surface area contributed by atoms with E-state index in [1.165, 1.54) is 0 Å². The van der Waals surface area contributed by atoms with E-state index in [0.717, 1.165) is 32.1 Å². The summed E-state index contributed by atoms with van der Waals surface area (Å²) in [4.78, 5) is 0. The number of hydrogen-bond acceptors (Lipinski definition) is 3. The molecule has 0 bridgehead atoms. The molecule has 1 unspecified atom stereocenters. The van der Waals surface area contributed by atoms with Crippen LogP contribution in [0, 0.1) is 5.92 Å². The van der Waals surface area contributed by atoms with Gasteiger partial charge in [0.05, 0.1) is 0 Å². The molecular formula is C10H22ClN3O2S. The summed E-state index contributed by atoms with van der Waals surface area (Å²) in [5, 5.41) is 0. The molecule has 1 aliphatic heterocycles. The van der Waals surface area contributed by atoms with Crippen LogP contribution in [0.25, 0.3) is 0 Å². The zero-order valence-electron chi connectivity index (χ0n) is 9.97. The summed E-state index contributed by atoms with van der Waals surface area (Å²) in [5.74, 6) is 0.463. The molecule has 1 saturated heterocycles. The van der Waals surface area contributed by atoms with Gasteiger partial charge in [-0.1, -0.05) is 6.42 Å². The van der Waals surface area contributed by atoms with Gasteiger partial charge in [0, 0.05) is 25.7 Å². The zero-order chi connectivity index (χ0) is 11.6. The first-order valence-electron chi connectivity index (χ1n) is 6.11. The smallest absolute Gasteiger partial charge is 0.279 e. The van der Waals surface area contributed by atoms with Crippen LogP contribution in [0.3, 0.4) is 0 Å². The lowest BCUT2D eigenvalue weighted by Gasteiger charge is -2.28. The van der Waals surface area contributed by atoms with Gasteiger partial charge in [-0.15, -0.1) is 12.4 Å². The normalized spacial score (nSPS) is 24.1. The van der Waals surface area contributed by atoms with Crippen molar-refractivity contribution in [3.05, 3.63) is 0 Å². The van der Waals surface area contributed by atoms with Crippen molar-refractivity contribution in [2.45, 2.75) is 38.1 Å². The van der Waals surface area contributed by atoms with Crippen molar-refractivity contribution < 1.29 is 8.42 Å². The van der Waals surface area contributed by atoms with Crippen molar-refractivity contribution in [2.75, 3.05) is 19.6 Å². The van der Waals surface area contributed by atoms with Gasteiger partial charge in [-0.25, -0.2) is 0 Å². The molecule has 3 N–H and O–H groups in total. The van der Waals surface area contributed by atoms with Crippen LogP contribution in [0.15, 0.2) is 0 Å². The molecule has 1 saturated carbocycles. The second-order valence-corrected chi connectivity index (χ2v) is 6.46. The van der Waals surface area contributed by atoms with Crippen LogP contribution in [0.5, 0.6) is 0 Å². The molecule has 1 atom stereocenters. The topological polar surface area (TPSA) is 75.4 Å². The molecule has 0 aromatic heterocycles. The molecule has 5 nitrogen and oxygen atoms in total. The fourth-order valence-electron chi connectivity index (χ4n) is 2.21. The molecule has 2 fully saturated rings. The zero-order valence-corrected chi connectivity index (χ0v) is 11.6. The van der Waals surface area contributed by atoms with Crippen LogP contribution in [0.2, 0.25) is 0 Å². The molecule has 102 valence electrons. The van der Waals surface area contributed by atoms with E-state index in [1.807, 2.05) is 0 Å². The second-order valence-electron chi connectivity index (χ2n) is 4.76. The lowest BCUT2D eigenvalue weighted by molar-refractivity contribution is 0.336. The number of nitrogens with one attached hydrogen (secondary N) is 1. The monoisotopic (exact) mass is 283 g/mol. The van der Waals surface area contributed by atoms with Crippen LogP contribution in [-0.2, 0) is 10.2 Å². The van der Waals surface area contributed by atoms with Gasteiger partial charge in [0.25, 0.3) is 10.2 Å². The summed E-state index contributed by atoms with van der Waals surface area (Å²) in [7, 11) is -3.30. The Morgan fingerprint density at radius 2 is 1.82 bits per heavy atom. The third-order valence-electron chi connectivity index (χ3n) is 3.40. The predicted octanol–water partition coefficient (Wildman–Crippen LogP) is 0.466. The average Bonchev–Trinajstić information content (AvgIpc) is 3.11. The van der Waals surface area contributed by atoms with E-state index in [-0.39, 0.29) is 18.4 Å². The van der Waals surface area contributed by atoms with E-state index in [0.29, 0.717) is 25.6 Å². The van der Waals surface area contributed by atoms with Gasteiger partial charge >= 0.3 is 0 Å². The van der Waals surface area contributed by atoms with E-state index in [1.54, 1.807) is 4.31 Å². The molecule has 0 aromatic carbocycles. The minimum atomic E-state index is -3.30. The van der Waals surface area contributed by atoms with E-state index in [2.05, 4.69) is 4.72 Å². The lowest BCUT2D eigenvalue weighted by atomic mass is 10.2. The Labute approximate surface area is 110 Å². The van der Waals surface area contributed by atoms with Gasteiger partial charge in [0.1, 0.15) is 0 Å². The van der Waals surface area contributed by atoms with E-state index < -0.39 is 10.2 Å². The highest BCUT2D eigenvalue weighted by atomic mass is 35.5. The summed E-state index contributed by atoms with van der Waals surface area (Å²) in [6.07, 6.45) is 5.28. The number of nitrogens with two attached hydrogens (primary N) is 1. The standard InChI is InChI=1S/C10H21N3O2S.ClH/c11-8-10(9-4-5-9)12-16(14,15)13-6-2-1-3-7-13;/h9-10,12H,1-8,11H2;1H. The molecule has 17 heavy (non-hydrogen) atoms. The van der Waals surface area contributed by atoms with Gasteiger partial charge in [0.2, 0.25) is 0 Å². The van der Waals surface area contributed by atoms with E-state index >= 15 is 0 Å². The van der Waals surface area contributed by atoms with Gasteiger partial charge in [0.15, 0.2) is 0 Å². The largest absolute Gasteiger partial charge is 0.329 e. The predicted molar refractivity (Wildman–Crippen MR) is 70.3 cm³/mol. The second kappa shape index (κ2) is 6.33. The molecule has 0 spiro atoms. The number of halogens is 1. The maximum Gasteiger partial charge on any atom is 0.279 e. The number of nitrogens with zero attached hydrogens (tertiary/aromatic N) is 1. The first kappa shape index (κ1) is 15.2. The van der Waals surface area contributed by atoms with E-state index in [9.17, 15) is 8.42 Å². The van der Waals surface area contributed by atoms with Crippen molar-refractivity contribution in [2.24, 2.45) is 11.7 Å². The highest BCUT2D eigenvalue weighted by Gasteiger charge is 2.35. The van der Waals surface area contributed by atoms with Crippen LogP contribution in [0.1, 0.15) is 32.1 Å². The fraction of sp³-hybridized carbons (Fsp3) is 1.00. The molecule has 2 rings (SSSR count). The van der Waals surface area contributed by atoms with Gasteiger partial charge in [-0.3, -0.25) is 0 Å². The lowest BCUT2D eigenvalue weighted by Crippen LogP contribution is -2.50. The Morgan fingerprint density at radius 1 is 1.24 bits per heavy atom. The van der Waals surface area contributed by atoms with Crippen molar-refractivity contribution in [1.82, 2.24) is 9.03 Å². The highest BCUT2D eigenvalue weighted by Crippen LogP contribution is 2.32. The minimum absolute atomic E-state index is 0. The van der Waals surface area contributed by atoms with Crippen LogP contribution in [0.4, 0.5) is 0 Å². The Kier molecular flexibility index (Phi) is 5.66. The Morgan fingerprint density at radius 3 is 2.29 bits per heavy atom. The quantitative estimate of drug-likeness (QED) is 0.770. The third kappa shape index (κ3) is 4.06. The molecule has 1 aliphatic carbocycles. The summed E-state index contributed by atoms with van der Waals surface area (Å²) < 4.78 is 28.4. The maximum atomic E-state index is 12.0.